The van der Waals surface area contributed by atoms with Crippen LogP contribution in [0.4, 0.5) is 0 Å². The molecular weight excluding hydrogens is 750 g/mol. The molecule has 4 aromatic carbocycles. The maximum atomic E-state index is 13.9. The lowest BCUT2D eigenvalue weighted by Crippen LogP contribution is -2.32. The van der Waals surface area contributed by atoms with Gasteiger partial charge >= 0.3 is 0 Å². The topological polar surface area (TPSA) is 41.1 Å². The molecule has 2 aliphatic rings. The third-order valence-electron chi connectivity index (χ3n) is 9.91. The fourth-order valence-corrected chi connectivity index (χ4v) is 8.07. The second kappa shape index (κ2) is 18.1. The lowest BCUT2D eigenvalue weighted by molar-refractivity contribution is -0.111. The highest BCUT2D eigenvalue weighted by Gasteiger charge is 2.41. The van der Waals surface area contributed by atoms with Crippen LogP contribution in [0.3, 0.4) is 0 Å². The Morgan fingerprint density at radius 1 is 0.611 bits per heavy atom. The predicted octanol–water partition coefficient (Wildman–Crippen LogP) is 11.7. The van der Waals surface area contributed by atoms with Gasteiger partial charge in [0.2, 0.25) is 0 Å². The Hall–Kier alpha value is -3.93. The summed E-state index contributed by atoms with van der Waals surface area (Å²) in [4.78, 5) is 11.8. The number of carbonyl (C=O) groups excluding carboxylic acids is 1. The van der Waals surface area contributed by atoms with E-state index in [9.17, 15) is 4.79 Å². The molecule has 4 aromatic rings. The van der Waals surface area contributed by atoms with E-state index < -0.39 is 20.5 Å². The smallest absolute Gasteiger partial charge is 0.192 e. The number of Topliss-reactive ketones (excluding diaryl/α,β-unsaturated/α-hetero) is 1. The summed E-state index contributed by atoms with van der Waals surface area (Å²) in [5, 5.41) is 5.45. The Labute approximate surface area is 339 Å². The molecule has 7 heteroatoms. The van der Waals surface area contributed by atoms with E-state index >= 15 is 0 Å². The number of hydrogen-bond donors (Lipinski definition) is 2. The van der Waals surface area contributed by atoms with E-state index in [1.165, 1.54) is 11.1 Å². The SMILES string of the molecule is C=CCCNCc1ccc(-c2ccccc2C2(Cl)C=CC(C(=O)C3=CC(Cl)C(Cl)(c4ccccc4-c4ccc(CNCCC=C)cc4)C=C3)=CC2Cl)cc1. The Morgan fingerprint density at radius 2 is 1.00 bits per heavy atom. The first kappa shape index (κ1) is 39.8. The molecule has 2 aliphatic carbocycles. The summed E-state index contributed by atoms with van der Waals surface area (Å²) in [6.45, 7) is 10.9. The van der Waals surface area contributed by atoms with E-state index in [1.807, 2.05) is 72.8 Å². The van der Waals surface area contributed by atoms with Crippen molar-refractivity contribution in [2.24, 2.45) is 0 Å². The van der Waals surface area contributed by atoms with E-state index in [-0.39, 0.29) is 5.78 Å². The van der Waals surface area contributed by atoms with E-state index in [0.717, 1.165) is 72.4 Å². The van der Waals surface area contributed by atoms with Gasteiger partial charge in [0.15, 0.2) is 5.78 Å². The van der Waals surface area contributed by atoms with Gasteiger partial charge in [-0.05, 0) is 70.4 Å². The van der Waals surface area contributed by atoms with Crippen LogP contribution in [0.25, 0.3) is 22.3 Å². The van der Waals surface area contributed by atoms with Gasteiger partial charge in [-0.1, -0.05) is 146 Å². The van der Waals surface area contributed by atoms with Gasteiger partial charge in [0.05, 0.1) is 10.8 Å². The van der Waals surface area contributed by atoms with Crippen molar-refractivity contribution in [3.63, 3.8) is 0 Å². The Morgan fingerprint density at radius 3 is 1.37 bits per heavy atom. The zero-order valence-corrected chi connectivity index (χ0v) is 33.1. The quantitative estimate of drug-likeness (QED) is 0.0674. The summed E-state index contributed by atoms with van der Waals surface area (Å²) in [6, 6.07) is 32.9. The molecule has 54 heavy (non-hydrogen) atoms. The predicted molar refractivity (Wildman–Crippen MR) is 231 cm³/mol. The van der Waals surface area contributed by atoms with E-state index in [4.69, 9.17) is 46.4 Å². The van der Waals surface area contributed by atoms with Crippen molar-refractivity contribution in [1.82, 2.24) is 10.6 Å². The number of nitrogens with one attached hydrogen (secondary N) is 2. The average molecular weight is 795 g/mol. The third-order valence-corrected chi connectivity index (χ3v) is 12.2. The van der Waals surface area contributed by atoms with Crippen LogP contribution in [-0.4, -0.2) is 29.6 Å². The first-order chi connectivity index (χ1) is 26.2. The number of allylic oxidation sites excluding steroid dienone is 8. The molecule has 0 bridgehead atoms. The molecule has 4 atom stereocenters. The molecular formula is C47H44Cl4N2O. The van der Waals surface area contributed by atoms with Gasteiger partial charge in [-0.2, -0.15) is 0 Å². The summed E-state index contributed by atoms with van der Waals surface area (Å²) in [5.74, 6) is -0.201. The number of benzene rings is 4. The molecule has 0 saturated heterocycles. The molecule has 0 fully saturated rings. The minimum absolute atomic E-state index is 0.201. The summed E-state index contributed by atoms with van der Waals surface area (Å²) >= 11 is 28.8. The standard InChI is InChI=1S/C47H44Cl4N2O/c1-3-5-27-52-31-33-15-19-35(20-16-33)39-11-7-9-13-41(39)46(50)25-23-37(29-43(46)48)45(54)38-24-26-47(51,44(49)30-38)42-14-10-8-12-40(42)36-21-17-34(18-22-36)32-53-28-6-4-2/h3-4,7-26,29-30,43-44,52-53H,1-2,5-6,27-28,31-32H2. The highest BCUT2D eigenvalue weighted by molar-refractivity contribution is 6.36. The van der Waals surface area contributed by atoms with Crippen LogP contribution in [0.1, 0.15) is 35.1 Å². The van der Waals surface area contributed by atoms with Crippen molar-refractivity contribution >= 4 is 52.2 Å². The molecule has 0 aromatic heterocycles. The number of halogens is 4. The average Bonchev–Trinajstić information content (AvgIpc) is 3.20. The molecule has 0 saturated carbocycles. The first-order valence-corrected chi connectivity index (χ1v) is 19.8. The molecule has 0 aliphatic heterocycles. The molecule has 3 nitrogen and oxygen atoms in total. The molecule has 4 unspecified atom stereocenters. The zero-order valence-electron chi connectivity index (χ0n) is 30.1. The van der Waals surface area contributed by atoms with Crippen molar-refractivity contribution in [2.75, 3.05) is 13.1 Å². The Kier molecular flexibility index (Phi) is 13.4. The number of carbonyl (C=O) groups is 1. The van der Waals surface area contributed by atoms with Crippen molar-refractivity contribution in [3.05, 3.63) is 192 Å². The van der Waals surface area contributed by atoms with Gasteiger partial charge in [-0.15, -0.1) is 59.6 Å². The number of ketones is 1. The Balaban J connectivity index is 1.17. The second-order valence-electron chi connectivity index (χ2n) is 13.6. The first-order valence-electron chi connectivity index (χ1n) is 18.2. The highest BCUT2D eigenvalue weighted by atomic mass is 35.5. The molecule has 2 N–H and O–H groups in total. The van der Waals surface area contributed by atoms with Crippen LogP contribution in [0.2, 0.25) is 0 Å². The molecule has 0 radical (unpaired) electrons. The van der Waals surface area contributed by atoms with Gasteiger partial charge in [-0.25, -0.2) is 0 Å². The number of hydrogen-bond acceptors (Lipinski definition) is 3. The van der Waals surface area contributed by atoms with Crippen molar-refractivity contribution < 1.29 is 4.79 Å². The summed E-state index contributed by atoms with van der Waals surface area (Å²) < 4.78 is 0. The summed E-state index contributed by atoms with van der Waals surface area (Å²) in [6.07, 6.45) is 16.3. The van der Waals surface area contributed by atoms with Crippen molar-refractivity contribution in [1.29, 1.82) is 0 Å². The zero-order chi connectivity index (χ0) is 38.1. The van der Waals surface area contributed by atoms with Crippen molar-refractivity contribution in [3.8, 4) is 22.3 Å². The van der Waals surface area contributed by atoms with Gasteiger partial charge in [0, 0.05) is 24.2 Å². The van der Waals surface area contributed by atoms with Gasteiger partial charge in [-0.3, -0.25) is 4.79 Å². The largest absolute Gasteiger partial charge is 0.312 e. The number of alkyl halides is 4. The lowest BCUT2D eigenvalue weighted by atomic mass is 9.81. The van der Waals surface area contributed by atoms with Crippen LogP contribution in [0.15, 0.2) is 170 Å². The van der Waals surface area contributed by atoms with E-state index in [0.29, 0.717) is 11.1 Å². The van der Waals surface area contributed by atoms with Crippen LogP contribution in [0, 0.1) is 0 Å². The molecule has 276 valence electrons. The normalized spacial score (nSPS) is 22.0. The summed E-state index contributed by atoms with van der Waals surface area (Å²) in [5.41, 5.74) is 9.01. The monoisotopic (exact) mass is 792 g/mol. The minimum Gasteiger partial charge on any atom is -0.312 e. The van der Waals surface area contributed by atoms with Crippen LogP contribution < -0.4 is 10.6 Å². The van der Waals surface area contributed by atoms with E-state index in [1.54, 1.807) is 24.3 Å². The maximum Gasteiger partial charge on any atom is 0.192 e. The van der Waals surface area contributed by atoms with Gasteiger partial charge < -0.3 is 10.6 Å². The van der Waals surface area contributed by atoms with Crippen LogP contribution >= 0.6 is 46.4 Å². The van der Waals surface area contributed by atoms with Gasteiger partial charge in [0.1, 0.15) is 9.75 Å². The third kappa shape index (κ3) is 8.79. The lowest BCUT2D eigenvalue weighted by Gasteiger charge is -2.34. The van der Waals surface area contributed by atoms with Crippen LogP contribution in [-0.2, 0) is 27.6 Å². The number of rotatable bonds is 16. The van der Waals surface area contributed by atoms with Crippen molar-refractivity contribution in [2.45, 2.75) is 46.4 Å². The molecule has 0 heterocycles. The van der Waals surface area contributed by atoms with E-state index in [2.05, 4.69) is 72.3 Å². The fraction of sp³-hybridized carbons (Fsp3) is 0.213. The van der Waals surface area contributed by atoms with Gasteiger partial charge in [0.25, 0.3) is 0 Å². The highest BCUT2D eigenvalue weighted by Crippen LogP contribution is 2.48. The van der Waals surface area contributed by atoms with Crippen LogP contribution in [0.5, 0.6) is 0 Å². The minimum atomic E-state index is -1.08. The second-order valence-corrected chi connectivity index (χ2v) is 15.8. The molecule has 0 spiro atoms. The maximum absolute atomic E-state index is 13.9. The summed E-state index contributed by atoms with van der Waals surface area (Å²) in [7, 11) is 0. The fourth-order valence-electron chi connectivity index (χ4n) is 6.84. The molecule has 0 amide bonds. The molecule has 6 rings (SSSR count). The Bertz CT molecular complexity index is 1950.